The summed E-state index contributed by atoms with van der Waals surface area (Å²) >= 11 is 5.79. The fraction of sp³-hybridized carbons (Fsp3) is 0. The molecule has 2 aromatic carbocycles. The summed E-state index contributed by atoms with van der Waals surface area (Å²) in [6, 6.07) is 11.4. The third kappa shape index (κ3) is 2.73. The summed E-state index contributed by atoms with van der Waals surface area (Å²) in [7, 11) is 0. The van der Waals surface area contributed by atoms with E-state index < -0.39 is 5.91 Å². The smallest absolute Gasteiger partial charge is 0.248 e. The highest BCUT2D eigenvalue weighted by atomic mass is 35.5. The maximum Gasteiger partial charge on any atom is 0.248 e. The van der Waals surface area contributed by atoms with Gasteiger partial charge in [0.1, 0.15) is 11.5 Å². The summed E-state index contributed by atoms with van der Waals surface area (Å²) in [4.78, 5) is 10.9. The summed E-state index contributed by atoms with van der Waals surface area (Å²) in [6.45, 7) is 0. The van der Waals surface area contributed by atoms with Gasteiger partial charge in [-0.05, 0) is 42.5 Å². The molecule has 0 spiro atoms. The topological polar surface area (TPSA) is 78.3 Å². The highest BCUT2D eigenvalue weighted by molar-refractivity contribution is 6.30. The Morgan fingerprint density at radius 3 is 2.33 bits per heavy atom. The van der Waals surface area contributed by atoms with Gasteiger partial charge in [0.05, 0.1) is 5.69 Å². The molecule has 0 bridgehead atoms. The van der Waals surface area contributed by atoms with Gasteiger partial charge in [-0.2, -0.15) is 0 Å². The molecule has 0 saturated heterocycles. The average molecular weight is 263 g/mol. The third-order valence-electron chi connectivity index (χ3n) is 2.34. The SMILES string of the molecule is NC(=O)c1ccc(Oc2ccc(Cl)cc2N)cc1. The van der Waals surface area contributed by atoms with Gasteiger partial charge in [-0.3, -0.25) is 4.79 Å². The summed E-state index contributed by atoms with van der Waals surface area (Å²) in [5.41, 5.74) is 11.8. The number of nitrogen functional groups attached to an aromatic ring is 1. The van der Waals surface area contributed by atoms with E-state index in [1.807, 2.05) is 0 Å². The number of rotatable bonds is 3. The molecule has 4 N–H and O–H groups in total. The standard InChI is InChI=1S/C13H11ClN2O2/c14-9-3-6-12(11(15)7-9)18-10-4-1-8(2-5-10)13(16)17/h1-7H,15H2,(H2,16,17). The molecule has 1 amide bonds. The van der Waals surface area contributed by atoms with Crippen molar-refractivity contribution in [2.45, 2.75) is 0 Å². The van der Waals surface area contributed by atoms with Crippen LogP contribution < -0.4 is 16.2 Å². The lowest BCUT2D eigenvalue weighted by Crippen LogP contribution is -2.10. The van der Waals surface area contributed by atoms with Crippen LogP contribution in [0.1, 0.15) is 10.4 Å². The molecule has 0 heterocycles. The minimum absolute atomic E-state index is 0.423. The molecule has 0 aromatic heterocycles. The molecule has 18 heavy (non-hydrogen) atoms. The van der Waals surface area contributed by atoms with Crippen LogP contribution in [-0.2, 0) is 0 Å². The van der Waals surface area contributed by atoms with Crippen LogP contribution in [0.2, 0.25) is 5.02 Å². The molecule has 0 unspecified atom stereocenters. The van der Waals surface area contributed by atoms with Gasteiger partial charge >= 0.3 is 0 Å². The molecular formula is C13H11ClN2O2. The number of nitrogens with two attached hydrogens (primary N) is 2. The van der Waals surface area contributed by atoms with Crippen molar-refractivity contribution in [2.24, 2.45) is 5.73 Å². The van der Waals surface area contributed by atoms with Gasteiger partial charge in [0.2, 0.25) is 5.91 Å². The van der Waals surface area contributed by atoms with Crippen LogP contribution in [0.15, 0.2) is 42.5 Å². The number of hydrogen-bond donors (Lipinski definition) is 2. The van der Waals surface area contributed by atoms with E-state index in [0.29, 0.717) is 27.8 Å². The summed E-state index contributed by atoms with van der Waals surface area (Å²) in [6.07, 6.45) is 0. The predicted octanol–water partition coefficient (Wildman–Crippen LogP) is 2.81. The zero-order valence-electron chi connectivity index (χ0n) is 9.39. The third-order valence-corrected chi connectivity index (χ3v) is 2.57. The zero-order valence-corrected chi connectivity index (χ0v) is 10.1. The number of ether oxygens (including phenoxy) is 1. The molecule has 0 aliphatic heterocycles. The maximum atomic E-state index is 10.9. The monoisotopic (exact) mass is 262 g/mol. The Bertz CT molecular complexity index is 582. The Hall–Kier alpha value is -2.20. The Morgan fingerprint density at radius 1 is 1.11 bits per heavy atom. The van der Waals surface area contributed by atoms with Crippen LogP contribution in [-0.4, -0.2) is 5.91 Å². The number of hydrogen-bond acceptors (Lipinski definition) is 3. The molecule has 92 valence electrons. The van der Waals surface area contributed by atoms with Crippen LogP contribution >= 0.6 is 11.6 Å². The Kier molecular flexibility index (Phi) is 3.39. The quantitative estimate of drug-likeness (QED) is 0.835. The molecule has 0 radical (unpaired) electrons. The lowest BCUT2D eigenvalue weighted by molar-refractivity contribution is 0.100. The van der Waals surface area contributed by atoms with Crippen LogP contribution in [0, 0.1) is 0 Å². The van der Waals surface area contributed by atoms with Crippen LogP contribution in [0.25, 0.3) is 0 Å². The van der Waals surface area contributed by atoms with E-state index in [2.05, 4.69) is 0 Å². The Morgan fingerprint density at radius 2 is 1.78 bits per heavy atom. The number of carbonyl (C=O) groups is 1. The van der Waals surface area contributed by atoms with Gasteiger partial charge in [-0.25, -0.2) is 0 Å². The number of primary amides is 1. The normalized spacial score (nSPS) is 10.1. The van der Waals surface area contributed by atoms with Crippen LogP contribution in [0.3, 0.4) is 0 Å². The van der Waals surface area contributed by atoms with E-state index in [4.69, 9.17) is 27.8 Å². The Labute approximate surface area is 109 Å². The summed E-state index contributed by atoms with van der Waals surface area (Å²) in [5.74, 6) is 0.591. The first-order valence-corrected chi connectivity index (χ1v) is 5.57. The van der Waals surface area contributed by atoms with Gasteiger partial charge in [-0.15, -0.1) is 0 Å². The predicted molar refractivity (Wildman–Crippen MR) is 70.9 cm³/mol. The molecule has 0 fully saturated rings. The first kappa shape index (κ1) is 12.3. The molecule has 4 nitrogen and oxygen atoms in total. The van der Waals surface area contributed by atoms with Crippen molar-refractivity contribution < 1.29 is 9.53 Å². The Balaban J connectivity index is 2.21. The van der Waals surface area contributed by atoms with Gasteiger partial charge in [-0.1, -0.05) is 11.6 Å². The fourth-order valence-corrected chi connectivity index (χ4v) is 1.61. The van der Waals surface area contributed by atoms with E-state index >= 15 is 0 Å². The van der Waals surface area contributed by atoms with Crippen LogP contribution in [0.4, 0.5) is 5.69 Å². The van der Waals surface area contributed by atoms with E-state index in [1.54, 1.807) is 42.5 Å². The molecular weight excluding hydrogens is 252 g/mol. The molecule has 0 aliphatic rings. The van der Waals surface area contributed by atoms with Gasteiger partial charge in [0, 0.05) is 10.6 Å². The fourth-order valence-electron chi connectivity index (χ4n) is 1.43. The number of anilines is 1. The molecule has 2 aromatic rings. The van der Waals surface area contributed by atoms with Crippen molar-refractivity contribution in [1.29, 1.82) is 0 Å². The molecule has 0 aliphatic carbocycles. The first-order valence-electron chi connectivity index (χ1n) is 5.19. The largest absolute Gasteiger partial charge is 0.455 e. The van der Waals surface area contributed by atoms with E-state index in [9.17, 15) is 4.79 Å². The second-order valence-electron chi connectivity index (χ2n) is 3.67. The van der Waals surface area contributed by atoms with Crippen molar-refractivity contribution in [1.82, 2.24) is 0 Å². The summed E-state index contributed by atoms with van der Waals surface area (Å²) < 4.78 is 5.56. The van der Waals surface area contributed by atoms with Gasteiger partial charge < -0.3 is 16.2 Å². The second-order valence-corrected chi connectivity index (χ2v) is 4.11. The minimum Gasteiger partial charge on any atom is -0.455 e. The lowest BCUT2D eigenvalue weighted by Gasteiger charge is -2.08. The van der Waals surface area contributed by atoms with Crippen molar-refractivity contribution >= 4 is 23.2 Å². The van der Waals surface area contributed by atoms with Crippen molar-refractivity contribution in [3.8, 4) is 11.5 Å². The first-order chi connectivity index (χ1) is 8.56. The van der Waals surface area contributed by atoms with Crippen molar-refractivity contribution in [3.05, 3.63) is 53.1 Å². The molecule has 2 rings (SSSR count). The number of carbonyl (C=O) groups excluding carboxylic acids is 1. The lowest BCUT2D eigenvalue weighted by atomic mass is 10.2. The van der Waals surface area contributed by atoms with Crippen molar-refractivity contribution in [2.75, 3.05) is 5.73 Å². The molecule has 0 atom stereocenters. The number of halogens is 1. The van der Waals surface area contributed by atoms with Crippen LogP contribution in [0.5, 0.6) is 11.5 Å². The number of amides is 1. The van der Waals surface area contributed by atoms with Crippen molar-refractivity contribution in [3.63, 3.8) is 0 Å². The minimum atomic E-state index is -0.479. The highest BCUT2D eigenvalue weighted by Crippen LogP contribution is 2.29. The zero-order chi connectivity index (χ0) is 13.1. The summed E-state index contributed by atoms with van der Waals surface area (Å²) in [5, 5.41) is 0.545. The highest BCUT2D eigenvalue weighted by Gasteiger charge is 2.04. The molecule has 0 saturated carbocycles. The van der Waals surface area contributed by atoms with E-state index in [0.717, 1.165) is 0 Å². The maximum absolute atomic E-state index is 10.9. The molecule has 5 heteroatoms. The van der Waals surface area contributed by atoms with E-state index in [1.165, 1.54) is 0 Å². The van der Waals surface area contributed by atoms with Gasteiger partial charge in [0.15, 0.2) is 0 Å². The average Bonchev–Trinajstić information content (AvgIpc) is 2.33. The second kappa shape index (κ2) is 4.98. The number of benzene rings is 2. The van der Waals surface area contributed by atoms with Gasteiger partial charge in [0.25, 0.3) is 0 Å². The van der Waals surface area contributed by atoms with E-state index in [-0.39, 0.29) is 0 Å².